The van der Waals surface area contributed by atoms with Crippen molar-refractivity contribution in [2.75, 3.05) is 19.5 Å². The standard InChI is InChI=1S/C13H18O4S/c1-10(9-13(14)15)18-8-7-17-12-5-3-11(16-2)4-6-12/h3-6,10H,7-9H2,1-2H3,(H,14,15). The van der Waals surface area contributed by atoms with Crippen molar-refractivity contribution in [3.8, 4) is 11.5 Å². The number of ether oxygens (including phenoxy) is 2. The van der Waals surface area contributed by atoms with E-state index in [1.807, 2.05) is 31.2 Å². The van der Waals surface area contributed by atoms with Crippen LogP contribution in [0.1, 0.15) is 13.3 Å². The molecular weight excluding hydrogens is 252 g/mol. The molecule has 1 rings (SSSR count). The Balaban J connectivity index is 2.19. The second kappa shape index (κ2) is 7.87. The van der Waals surface area contributed by atoms with Gasteiger partial charge in [-0.05, 0) is 24.3 Å². The van der Waals surface area contributed by atoms with Crippen molar-refractivity contribution in [2.24, 2.45) is 0 Å². The van der Waals surface area contributed by atoms with Crippen molar-refractivity contribution in [3.05, 3.63) is 24.3 Å². The van der Waals surface area contributed by atoms with E-state index in [0.29, 0.717) is 6.61 Å². The maximum Gasteiger partial charge on any atom is 0.304 e. The zero-order valence-corrected chi connectivity index (χ0v) is 11.4. The first-order valence-electron chi connectivity index (χ1n) is 5.72. The topological polar surface area (TPSA) is 55.8 Å². The average molecular weight is 270 g/mol. The number of carboxylic acid groups (broad SMARTS) is 1. The van der Waals surface area contributed by atoms with Crippen LogP contribution in [0.2, 0.25) is 0 Å². The average Bonchev–Trinajstić information content (AvgIpc) is 2.34. The largest absolute Gasteiger partial charge is 0.497 e. The fourth-order valence-corrected chi connectivity index (χ4v) is 2.23. The van der Waals surface area contributed by atoms with E-state index >= 15 is 0 Å². The van der Waals surface area contributed by atoms with Crippen LogP contribution >= 0.6 is 11.8 Å². The molecule has 0 bridgehead atoms. The van der Waals surface area contributed by atoms with Gasteiger partial charge in [-0.2, -0.15) is 11.8 Å². The summed E-state index contributed by atoms with van der Waals surface area (Å²) >= 11 is 1.60. The fraction of sp³-hybridized carbons (Fsp3) is 0.462. The predicted molar refractivity (Wildman–Crippen MR) is 72.7 cm³/mol. The summed E-state index contributed by atoms with van der Waals surface area (Å²) in [5.41, 5.74) is 0. The first-order chi connectivity index (χ1) is 8.61. The van der Waals surface area contributed by atoms with Crippen LogP contribution in [0.3, 0.4) is 0 Å². The van der Waals surface area contributed by atoms with Crippen LogP contribution in [0, 0.1) is 0 Å². The van der Waals surface area contributed by atoms with E-state index in [2.05, 4.69) is 0 Å². The third-order valence-electron chi connectivity index (χ3n) is 2.28. The summed E-state index contributed by atoms with van der Waals surface area (Å²) in [6.07, 6.45) is 0.188. The maximum atomic E-state index is 10.5. The van der Waals surface area contributed by atoms with E-state index < -0.39 is 5.97 Å². The molecule has 1 N–H and O–H groups in total. The van der Waals surface area contributed by atoms with Crippen molar-refractivity contribution in [1.82, 2.24) is 0 Å². The molecule has 1 unspecified atom stereocenters. The molecule has 4 nitrogen and oxygen atoms in total. The third kappa shape index (κ3) is 5.82. The second-order valence-electron chi connectivity index (χ2n) is 3.80. The molecular formula is C13H18O4S. The first-order valence-corrected chi connectivity index (χ1v) is 6.77. The summed E-state index contributed by atoms with van der Waals surface area (Å²) in [5.74, 6) is 1.61. The molecule has 0 aliphatic rings. The van der Waals surface area contributed by atoms with E-state index in [0.717, 1.165) is 17.3 Å². The van der Waals surface area contributed by atoms with Crippen molar-refractivity contribution >= 4 is 17.7 Å². The molecule has 0 radical (unpaired) electrons. The zero-order valence-electron chi connectivity index (χ0n) is 10.6. The molecule has 0 aliphatic carbocycles. The Morgan fingerprint density at radius 1 is 1.33 bits per heavy atom. The molecule has 100 valence electrons. The first kappa shape index (κ1) is 14.7. The molecule has 1 aromatic rings. The SMILES string of the molecule is COc1ccc(OCCSC(C)CC(=O)O)cc1. The number of carbonyl (C=O) groups is 1. The van der Waals surface area contributed by atoms with E-state index in [4.69, 9.17) is 14.6 Å². The maximum absolute atomic E-state index is 10.5. The van der Waals surface area contributed by atoms with Crippen LogP contribution in [-0.2, 0) is 4.79 Å². The Kier molecular flexibility index (Phi) is 6.43. The van der Waals surface area contributed by atoms with Crippen LogP contribution < -0.4 is 9.47 Å². The van der Waals surface area contributed by atoms with Gasteiger partial charge in [-0.25, -0.2) is 0 Å². The minimum atomic E-state index is -0.758. The molecule has 0 saturated heterocycles. The van der Waals surface area contributed by atoms with E-state index in [-0.39, 0.29) is 11.7 Å². The molecule has 1 aromatic carbocycles. The summed E-state index contributed by atoms with van der Waals surface area (Å²) in [7, 11) is 1.62. The van der Waals surface area contributed by atoms with Gasteiger partial charge in [0.15, 0.2) is 0 Å². The lowest BCUT2D eigenvalue weighted by molar-refractivity contribution is -0.136. The summed E-state index contributed by atoms with van der Waals surface area (Å²) in [5, 5.41) is 8.72. The zero-order chi connectivity index (χ0) is 13.4. The highest BCUT2D eigenvalue weighted by Gasteiger charge is 2.07. The number of methoxy groups -OCH3 is 1. The highest BCUT2D eigenvalue weighted by molar-refractivity contribution is 7.99. The van der Waals surface area contributed by atoms with Gasteiger partial charge >= 0.3 is 5.97 Å². The minimum absolute atomic E-state index is 0.113. The molecule has 0 heterocycles. The van der Waals surface area contributed by atoms with E-state index in [9.17, 15) is 4.79 Å². The van der Waals surface area contributed by atoms with Crippen LogP contribution in [0.25, 0.3) is 0 Å². The number of thioether (sulfide) groups is 1. The normalized spacial score (nSPS) is 11.9. The van der Waals surface area contributed by atoms with Crippen LogP contribution in [0.15, 0.2) is 24.3 Å². The van der Waals surface area contributed by atoms with Crippen molar-refractivity contribution in [1.29, 1.82) is 0 Å². The second-order valence-corrected chi connectivity index (χ2v) is 5.35. The molecule has 0 fully saturated rings. The lowest BCUT2D eigenvalue weighted by atomic mass is 10.3. The van der Waals surface area contributed by atoms with Gasteiger partial charge < -0.3 is 14.6 Å². The van der Waals surface area contributed by atoms with Gasteiger partial charge in [-0.15, -0.1) is 0 Å². The van der Waals surface area contributed by atoms with E-state index in [1.165, 1.54) is 0 Å². The highest BCUT2D eigenvalue weighted by Crippen LogP contribution is 2.18. The Labute approximate surface area is 111 Å². The monoisotopic (exact) mass is 270 g/mol. The number of benzene rings is 1. The molecule has 5 heteroatoms. The third-order valence-corrected chi connectivity index (χ3v) is 3.41. The van der Waals surface area contributed by atoms with Crippen molar-refractivity contribution in [3.63, 3.8) is 0 Å². The predicted octanol–water partition coefficient (Wildman–Crippen LogP) is 2.67. The molecule has 18 heavy (non-hydrogen) atoms. The smallest absolute Gasteiger partial charge is 0.304 e. The number of hydrogen-bond donors (Lipinski definition) is 1. The van der Waals surface area contributed by atoms with Crippen LogP contribution in [0.4, 0.5) is 0 Å². The molecule has 0 aliphatic heterocycles. The summed E-state index contributed by atoms with van der Waals surface area (Å²) in [6, 6.07) is 7.39. The van der Waals surface area contributed by atoms with Crippen molar-refractivity contribution in [2.45, 2.75) is 18.6 Å². The van der Waals surface area contributed by atoms with Crippen LogP contribution in [0.5, 0.6) is 11.5 Å². The van der Waals surface area contributed by atoms with Gasteiger partial charge in [-0.1, -0.05) is 6.92 Å². The Morgan fingerprint density at radius 3 is 2.50 bits per heavy atom. The molecule has 0 spiro atoms. The number of aliphatic carboxylic acids is 1. The number of rotatable bonds is 8. The summed E-state index contributed by atoms with van der Waals surface area (Å²) in [6.45, 7) is 2.48. The number of hydrogen-bond acceptors (Lipinski definition) is 4. The Morgan fingerprint density at radius 2 is 1.94 bits per heavy atom. The van der Waals surface area contributed by atoms with Crippen molar-refractivity contribution < 1.29 is 19.4 Å². The van der Waals surface area contributed by atoms with Gasteiger partial charge in [0.2, 0.25) is 0 Å². The fourth-order valence-electron chi connectivity index (χ4n) is 1.39. The Bertz CT molecular complexity index is 364. The van der Waals surface area contributed by atoms with E-state index in [1.54, 1.807) is 18.9 Å². The molecule has 1 atom stereocenters. The van der Waals surface area contributed by atoms with Gasteiger partial charge in [0.05, 0.1) is 20.1 Å². The quantitative estimate of drug-likeness (QED) is 0.736. The molecule has 0 amide bonds. The Hall–Kier alpha value is -1.36. The molecule has 0 aromatic heterocycles. The molecule has 0 saturated carbocycles. The van der Waals surface area contributed by atoms with Gasteiger partial charge in [0, 0.05) is 11.0 Å². The highest BCUT2D eigenvalue weighted by atomic mass is 32.2. The number of carboxylic acids is 1. The van der Waals surface area contributed by atoms with Gasteiger partial charge in [0.1, 0.15) is 11.5 Å². The summed E-state index contributed by atoms with van der Waals surface area (Å²) < 4.78 is 10.6. The van der Waals surface area contributed by atoms with Gasteiger partial charge in [-0.3, -0.25) is 4.79 Å². The lowest BCUT2D eigenvalue weighted by Crippen LogP contribution is -2.09. The van der Waals surface area contributed by atoms with Gasteiger partial charge in [0.25, 0.3) is 0 Å². The lowest BCUT2D eigenvalue weighted by Gasteiger charge is -2.10. The van der Waals surface area contributed by atoms with Crippen LogP contribution in [-0.4, -0.2) is 35.8 Å². The summed E-state index contributed by atoms with van der Waals surface area (Å²) in [4.78, 5) is 10.5. The minimum Gasteiger partial charge on any atom is -0.497 e.